The van der Waals surface area contributed by atoms with Crippen LogP contribution in [0.1, 0.15) is 0 Å². The van der Waals surface area contributed by atoms with E-state index < -0.39 is 0 Å². The summed E-state index contributed by atoms with van der Waals surface area (Å²) in [5.74, 6) is 0. The van der Waals surface area contributed by atoms with Crippen LogP contribution in [0, 0.1) is 0 Å². The minimum atomic E-state index is 1.06. The maximum absolute atomic E-state index is 2.42. The zero-order valence-corrected chi connectivity index (χ0v) is 40.1. The second kappa shape index (κ2) is 17.0. The van der Waals surface area contributed by atoms with Gasteiger partial charge in [-0.05, 0) is 138 Å². The molecule has 11 aromatic carbocycles. The zero-order valence-electron chi connectivity index (χ0n) is 38.5. The fourth-order valence-corrected chi connectivity index (χ4v) is 12.8. The molecule has 0 aliphatic heterocycles. The molecular formula is C66H43N3S2. The van der Waals surface area contributed by atoms with Crippen molar-refractivity contribution in [3.63, 3.8) is 0 Å². The SMILES string of the molecule is c1ccc(N(c2cc(-c3ccc(-c4ccc5c6ccccc6n(-c6ccccc6)c5c4)cc3)cc(N(c3ccccc3)c3ccc4sc5ccccc5c4c3)c2)c2ccc3sc4ccccc4c3c2)cc1. The van der Waals surface area contributed by atoms with Crippen LogP contribution in [0.3, 0.4) is 0 Å². The molecule has 3 heterocycles. The van der Waals surface area contributed by atoms with Crippen LogP contribution >= 0.6 is 22.7 Å². The summed E-state index contributed by atoms with van der Waals surface area (Å²) in [5, 5.41) is 7.59. The summed E-state index contributed by atoms with van der Waals surface area (Å²) in [4.78, 5) is 4.85. The van der Waals surface area contributed by atoms with E-state index in [0.717, 1.165) is 50.9 Å². The van der Waals surface area contributed by atoms with Gasteiger partial charge in [0.1, 0.15) is 0 Å². The van der Waals surface area contributed by atoms with Gasteiger partial charge in [0.25, 0.3) is 0 Å². The molecule has 0 amide bonds. The van der Waals surface area contributed by atoms with Crippen molar-refractivity contribution in [1.29, 1.82) is 0 Å². The van der Waals surface area contributed by atoms with Gasteiger partial charge in [-0.2, -0.15) is 0 Å². The third-order valence-corrected chi connectivity index (χ3v) is 16.2. The summed E-state index contributed by atoms with van der Waals surface area (Å²) in [6.07, 6.45) is 0. The van der Waals surface area contributed by atoms with E-state index in [1.807, 2.05) is 22.7 Å². The molecule has 0 aliphatic rings. The quantitative estimate of drug-likeness (QED) is 0.143. The van der Waals surface area contributed by atoms with Crippen molar-refractivity contribution < 1.29 is 0 Å². The number of anilines is 6. The van der Waals surface area contributed by atoms with Crippen LogP contribution in [0.15, 0.2) is 261 Å². The fraction of sp³-hybridized carbons (Fsp3) is 0. The zero-order chi connectivity index (χ0) is 46.8. The van der Waals surface area contributed by atoms with Gasteiger partial charge in [0.15, 0.2) is 0 Å². The summed E-state index contributed by atoms with van der Waals surface area (Å²) in [5.41, 5.74) is 14.7. The van der Waals surface area contributed by atoms with Crippen molar-refractivity contribution in [3.8, 4) is 27.9 Å². The third kappa shape index (κ3) is 7.17. The van der Waals surface area contributed by atoms with Gasteiger partial charge < -0.3 is 14.4 Å². The van der Waals surface area contributed by atoms with Gasteiger partial charge in [0.2, 0.25) is 0 Å². The molecule has 14 aromatic rings. The first-order chi connectivity index (χ1) is 35.2. The van der Waals surface area contributed by atoms with E-state index in [9.17, 15) is 0 Å². The minimum absolute atomic E-state index is 1.06. The topological polar surface area (TPSA) is 11.4 Å². The molecule has 0 atom stereocenters. The van der Waals surface area contributed by atoms with Crippen LogP contribution in [0.2, 0.25) is 0 Å². The number of fused-ring (bicyclic) bond motifs is 9. The Balaban J connectivity index is 0.960. The minimum Gasteiger partial charge on any atom is -0.310 e. The lowest BCUT2D eigenvalue weighted by atomic mass is 9.98. The highest BCUT2D eigenvalue weighted by Gasteiger charge is 2.22. The van der Waals surface area contributed by atoms with Crippen molar-refractivity contribution in [3.05, 3.63) is 261 Å². The third-order valence-electron chi connectivity index (χ3n) is 13.9. The van der Waals surface area contributed by atoms with Crippen molar-refractivity contribution in [2.24, 2.45) is 0 Å². The molecule has 334 valence electrons. The molecule has 0 saturated heterocycles. The highest BCUT2D eigenvalue weighted by molar-refractivity contribution is 7.26. The summed E-state index contributed by atoms with van der Waals surface area (Å²) in [7, 11) is 0. The van der Waals surface area contributed by atoms with Crippen LogP contribution in [0.5, 0.6) is 0 Å². The number of hydrogen-bond donors (Lipinski definition) is 0. The van der Waals surface area contributed by atoms with Crippen LogP contribution in [0.25, 0.3) is 90.1 Å². The Morgan fingerprint density at radius 3 is 1.24 bits per heavy atom. The molecule has 0 radical (unpaired) electrons. The largest absolute Gasteiger partial charge is 0.310 e. The Morgan fingerprint density at radius 1 is 0.239 bits per heavy atom. The average molecular weight is 942 g/mol. The normalized spacial score (nSPS) is 11.7. The summed E-state index contributed by atoms with van der Waals surface area (Å²) < 4.78 is 7.55. The maximum atomic E-state index is 2.42. The molecule has 0 unspecified atom stereocenters. The second-order valence-electron chi connectivity index (χ2n) is 18.1. The average Bonchev–Trinajstić information content (AvgIpc) is 4.11. The molecular weight excluding hydrogens is 899 g/mol. The highest BCUT2D eigenvalue weighted by atomic mass is 32.1. The van der Waals surface area contributed by atoms with Crippen molar-refractivity contribution in [2.45, 2.75) is 0 Å². The van der Waals surface area contributed by atoms with E-state index in [-0.39, 0.29) is 0 Å². The molecule has 5 heteroatoms. The van der Waals surface area contributed by atoms with E-state index in [4.69, 9.17) is 0 Å². The number of benzene rings is 11. The second-order valence-corrected chi connectivity index (χ2v) is 20.3. The van der Waals surface area contributed by atoms with Crippen molar-refractivity contribution in [2.75, 3.05) is 9.80 Å². The number of thiophene rings is 2. The van der Waals surface area contributed by atoms with Crippen molar-refractivity contribution in [1.82, 2.24) is 4.57 Å². The lowest BCUT2D eigenvalue weighted by Crippen LogP contribution is -2.13. The Hall–Kier alpha value is -8.74. The van der Waals surface area contributed by atoms with E-state index in [2.05, 4.69) is 275 Å². The Kier molecular flexibility index (Phi) is 9.90. The van der Waals surface area contributed by atoms with Gasteiger partial charge in [-0.3, -0.25) is 0 Å². The van der Waals surface area contributed by atoms with Gasteiger partial charge in [0, 0.05) is 90.9 Å². The number of hydrogen-bond acceptors (Lipinski definition) is 4. The van der Waals surface area contributed by atoms with E-state index >= 15 is 0 Å². The molecule has 0 fully saturated rings. The first kappa shape index (κ1) is 41.3. The van der Waals surface area contributed by atoms with Gasteiger partial charge >= 0.3 is 0 Å². The molecule has 0 N–H and O–H groups in total. The van der Waals surface area contributed by atoms with E-state index in [1.165, 1.54) is 73.3 Å². The molecule has 0 spiro atoms. The monoisotopic (exact) mass is 941 g/mol. The highest BCUT2D eigenvalue weighted by Crippen LogP contribution is 2.47. The van der Waals surface area contributed by atoms with Crippen LogP contribution < -0.4 is 9.80 Å². The Labute approximate surface area is 419 Å². The number of rotatable bonds is 9. The smallest absolute Gasteiger partial charge is 0.0547 e. The number of nitrogens with zero attached hydrogens (tertiary/aromatic N) is 3. The van der Waals surface area contributed by atoms with Crippen LogP contribution in [-0.4, -0.2) is 4.57 Å². The molecule has 3 nitrogen and oxygen atoms in total. The van der Waals surface area contributed by atoms with Gasteiger partial charge in [-0.25, -0.2) is 0 Å². The molecule has 3 aromatic heterocycles. The van der Waals surface area contributed by atoms with Crippen molar-refractivity contribution >= 4 is 119 Å². The molecule has 14 rings (SSSR count). The van der Waals surface area contributed by atoms with Gasteiger partial charge in [0.05, 0.1) is 11.0 Å². The first-order valence-electron chi connectivity index (χ1n) is 24.1. The summed E-state index contributed by atoms with van der Waals surface area (Å²) >= 11 is 3.70. The standard InChI is InChI=1S/C66H43N3S2/c1-4-16-48(17-5-1)67(51-33-36-65-59(42-51)57-23-11-14-26-63(57)70-65)53-38-47(39-54(41-53)68(49-18-6-2-7-19-49)52-34-37-66-60(43-52)58-24-12-15-27-64(58)71-66)45-30-28-44(29-31-45)46-32-35-56-55-22-10-13-25-61(55)69(62(56)40-46)50-20-8-3-9-21-50/h1-43H. The van der Waals surface area contributed by atoms with Crippen LogP contribution in [0.4, 0.5) is 34.1 Å². The molecule has 0 saturated carbocycles. The van der Waals surface area contributed by atoms with E-state index in [0.29, 0.717) is 0 Å². The predicted octanol–water partition coefficient (Wildman–Crippen LogP) is 19.8. The van der Waals surface area contributed by atoms with E-state index in [1.54, 1.807) is 0 Å². The Morgan fingerprint density at radius 2 is 0.676 bits per heavy atom. The van der Waals surface area contributed by atoms with Gasteiger partial charge in [-0.15, -0.1) is 22.7 Å². The lowest BCUT2D eigenvalue weighted by Gasteiger charge is -2.30. The Bertz CT molecular complexity index is 4110. The summed E-state index contributed by atoms with van der Waals surface area (Å²) in [6.45, 7) is 0. The first-order valence-corrected chi connectivity index (χ1v) is 25.7. The lowest BCUT2D eigenvalue weighted by molar-refractivity contribution is 1.18. The number of para-hydroxylation sites is 4. The molecule has 71 heavy (non-hydrogen) atoms. The number of aromatic nitrogens is 1. The fourth-order valence-electron chi connectivity index (χ4n) is 10.6. The molecule has 0 bridgehead atoms. The summed E-state index contributed by atoms with van der Waals surface area (Å²) in [6, 6.07) is 95.6. The van der Waals surface area contributed by atoms with Crippen LogP contribution in [-0.2, 0) is 0 Å². The van der Waals surface area contributed by atoms with Gasteiger partial charge in [-0.1, -0.05) is 146 Å². The molecule has 0 aliphatic carbocycles. The maximum Gasteiger partial charge on any atom is 0.0547 e. The predicted molar refractivity (Wildman–Crippen MR) is 307 cm³/mol.